The summed E-state index contributed by atoms with van der Waals surface area (Å²) < 4.78 is 14.9. The minimum atomic E-state index is -0.590. The van der Waals surface area contributed by atoms with Gasteiger partial charge in [-0.15, -0.1) is 0 Å². The van der Waals surface area contributed by atoms with Crippen LogP contribution in [0.3, 0.4) is 0 Å². The van der Waals surface area contributed by atoms with Crippen LogP contribution < -0.4 is 5.32 Å². The number of hydrogen-bond donors (Lipinski definition) is 1. The van der Waals surface area contributed by atoms with Crippen molar-refractivity contribution < 1.29 is 14.1 Å². The molecule has 0 spiro atoms. The Hall–Kier alpha value is -2.77. The molecule has 0 unspecified atom stereocenters. The van der Waals surface area contributed by atoms with Gasteiger partial charge in [0.25, 0.3) is 0 Å². The number of anilines is 1. The minimum absolute atomic E-state index is 0.0996. The maximum Gasteiger partial charge on any atom is 0.390 e. The largest absolute Gasteiger partial charge is 0.390 e. The SMILES string of the molecule is Cc1cc([N+](=O)[O-])nn1C[C@@H](C)C(=O)Nc1ccccc1F. The van der Waals surface area contributed by atoms with Crippen molar-refractivity contribution in [3.63, 3.8) is 0 Å². The normalized spacial score (nSPS) is 12.0. The molecule has 1 heterocycles. The zero-order valence-electron chi connectivity index (χ0n) is 12.1. The highest BCUT2D eigenvalue weighted by Gasteiger charge is 2.21. The Morgan fingerprint density at radius 1 is 1.50 bits per heavy atom. The van der Waals surface area contributed by atoms with E-state index in [1.54, 1.807) is 19.9 Å². The molecule has 2 rings (SSSR count). The number of nitrogens with one attached hydrogen (secondary N) is 1. The van der Waals surface area contributed by atoms with E-state index in [0.717, 1.165) is 0 Å². The van der Waals surface area contributed by atoms with Crippen LogP contribution in [-0.2, 0) is 11.3 Å². The van der Waals surface area contributed by atoms with Gasteiger partial charge >= 0.3 is 5.82 Å². The lowest BCUT2D eigenvalue weighted by Gasteiger charge is -2.12. The number of nitrogens with zero attached hydrogens (tertiary/aromatic N) is 3. The van der Waals surface area contributed by atoms with Crippen molar-refractivity contribution in [2.75, 3.05) is 5.32 Å². The summed E-state index contributed by atoms with van der Waals surface area (Å²) >= 11 is 0. The zero-order chi connectivity index (χ0) is 16.3. The quantitative estimate of drug-likeness (QED) is 0.679. The van der Waals surface area contributed by atoms with Gasteiger partial charge in [-0.2, -0.15) is 4.68 Å². The second-order valence-electron chi connectivity index (χ2n) is 4.95. The monoisotopic (exact) mass is 306 g/mol. The van der Waals surface area contributed by atoms with Crippen LogP contribution in [0, 0.1) is 28.8 Å². The second-order valence-corrected chi connectivity index (χ2v) is 4.95. The van der Waals surface area contributed by atoms with Gasteiger partial charge in [0.2, 0.25) is 5.91 Å². The smallest absolute Gasteiger partial charge is 0.358 e. The summed E-state index contributed by atoms with van der Waals surface area (Å²) in [5.74, 6) is -1.70. The van der Waals surface area contributed by atoms with E-state index in [0.29, 0.717) is 5.69 Å². The number of carbonyl (C=O) groups is 1. The van der Waals surface area contributed by atoms with Gasteiger partial charge in [0.15, 0.2) is 0 Å². The number of aryl methyl sites for hydroxylation is 1. The topological polar surface area (TPSA) is 90.1 Å². The van der Waals surface area contributed by atoms with Gasteiger partial charge < -0.3 is 15.4 Å². The summed E-state index contributed by atoms with van der Waals surface area (Å²) in [5.41, 5.74) is 0.680. The number of nitro groups is 1. The lowest BCUT2D eigenvalue weighted by atomic mass is 10.1. The number of aromatic nitrogens is 2. The third-order valence-electron chi connectivity index (χ3n) is 3.18. The molecule has 1 amide bonds. The van der Waals surface area contributed by atoms with E-state index >= 15 is 0 Å². The number of amides is 1. The van der Waals surface area contributed by atoms with Crippen LogP contribution in [-0.4, -0.2) is 20.6 Å². The molecule has 0 saturated carbocycles. The van der Waals surface area contributed by atoms with Crippen molar-refractivity contribution in [2.45, 2.75) is 20.4 Å². The fourth-order valence-corrected chi connectivity index (χ4v) is 1.93. The van der Waals surface area contributed by atoms with Gasteiger partial charge in [0.1, 0.15) is 5.82 Å². The second kappa shape index (κ2) is 6.33. The highest BCUT2D eigenvalue weighted by atomic mass is 19.1. The van der Waals surface area contributed by atoms with E-state index in [2.05, 4.69) is 10.4 Å². The van der Waals surface area contributed by atoms with E-state index in [1.807, 2.05) is 0 Å². The van der Waals surface area contributed by atoms with E-state index in [4.69, 9.17) is 0 Å². The van der Waals surface area contributed by atoms with E-state index in [1.165, 1.54) is 28.9 Å². The first-order chi connectivity index (χ1) is 10.4. The molecule has 7 nitrogen and oxygen atoms in total. The lowest BCUT2D eigenvalue weighted by Crippen LogP contribution is -2.25. The zero-order valence-corrected chi connectivity index (χ0v) is 12.1. The van der Waals surface area contributed by atoms with Crippen LogP contribution in [0.5, 0.6) is 0 Å². The van der Waals surface area contributed by atoms with Crippen molar-refractivity contribution >= 4 is 17.4 Å². The molecule has 0 aliphatic rings. The minimum Gasteiger partial charge on any atom is -0.358 e. The van der Waals surface area contributed by atoms with Crippen LogP contribution in [0.2, 0.25) is 0 Å². The number of hydrogen-bond acceptors (Lipinski definition) is 4. The number of para-hydroxylation sites is 1. The molecule has 0 aliphatic heterocycles. The molecule has 0 radical (unpaired) electrons. The van der Waals surface area contributed by atoms with Crippen molar-refractivity contribution in [1.29, 1.82) is 0 Å². The third-order valence-corrected chi connectivity index (χ3v) is 3.18. The molecule has 1 N–H and O–H groups in total. The highest BCUT2D eigenvalue weighted by molar-refractivity contribution is 5.92. The Morgan fingerprint density at radius 2 is 2.18 bits per heavy atom. The van der Waals surface area contributed by atoms with Gasteiger partial charge in [-0.1, -0.05) is 19.1 Å². The molecule has 2 aromatic rings. The molecule has 0 bridgehead atoms. The Morgan fingerprint density at radius 3 is 2.77 bits per heavy atom. The first-order valence-electron chi connectivity index (χ1n) is 6.62. The predicted octanol–water partition coefficient (Wildman–Crippen LogP) is 2.51. The average molecular weight is 306 g/mol. The van der Waals surface area contributed by atoms with Crippen molar-refractivity contribution in [1.82, 2.24) is 9.78 Å². The Labute approximate surface area is 125 Å². The highest BCUT2D eigenvalue weighted by Crippen LogP contribution is 2.16. The van der Waals surface area contributed by atoms with Crippen molar-refractivity contribution in [3.05, 3.63) is 52.0 Å². The van der Waals surface area contributed by atoms with Crippen LogP contribution in [0.1, 0.15) is 12.6 Å². The van der Waals surface area contributed by atoms with Crippen LogP contribution in [0.15, 0.2) is 30.3 Å². The van der Waals surface area contributed by atoms with Crippen LogP contribution in [0.4, 0.5) is 15.9 Å². The Kier molecular flexibility index (Phi) is 4.50. The van der Waals surface area contributed by atoms with Gasteiger partial charge in [0, 0.05) is 0 Å². The molecular weight excluding hydrogens is 291 g/mol. The molecular formula is C14H15FN4O3. The Bertz CT molecular complexity index is 714. The number of carbonyl (C=O) groups excluding carboxylic acids is 1. The third kappa shape index (κ3) is 3.46. The van der Waals surface area contributed by atoms with E-state index in [-0.39, 0.29) is 24.0 Å². The van der Waals surface area contributed by atoms with Gasteiger partial charge in [-0.25, -0.2) is 4.39 Å². The fraction of sp³-hybridized carbons (Fsp3) is 0.286. The van der Waals surface area contributed by atoms with Crippen LogP contribution >= 0.6 is 0 Å². The van der Waals surface area contributed by atoms with Crippen molar-refractivity contribution in [2.24, 2.45) is 5.92 Å². The first kappa shape index (κ1) is 15.6. The predicted molar refractivity (Wildman–Crippen MR) is 77.8 cm³/mol. The lowest BCUT2D eigenvalue weighted by molar-refractivity contribution is -0.389. The number of halogens is 1. The summed E-state index contributed by atoms with van der Waals surface area (Å²) in [7, 11) is 0. The molecule has 1 atom stereocenters. The van der Waals surface area contributed by atoms with Crippen LogP contribution in [0.25, 0.3) is 0 Å². The fourth-order valence-electron chi connectivity index (χ4n) is 1.93. The maximum atomic E-state index is 13.5. The number of benzene rings is 1. The summed E-state index contributed by atoms with van der Waals surface area (Å²) in [4.78, 5) is 22.2. The van der Waals surface area contributed by atoms with E-state index < -0.39 is 16.7 Å². The number of rotatable bonds is 5. The molecule has 0 saturated heterocycles. The standard InChI is InChI=1S/C14H15FN4O3/c1-9(8-18-10(2)7-13(17-18)19(21)22)14(20)16-12-6-4-3-5-11(12)15/h3-7,9H,8H2,1-2H3,(H,16,20)/t9-/m1/s1. The van der Waals surface area contributed by atoms with Gasteiger partial charge in [-0.3, -0.25) is 4.79 Å². The van der Waals surface area contributed by atoms with Gasteiger partial charge in [-0.05, 0) is 24.0 Å². The summed E-state index contributed by atoms with van der Waals surface area (Å²) in [5, 5.41) is 17.0. The maximum absolute atomic E-state index is 13.5. The van der Waals surface area contributed by atoms with Gasteiger partial charge in [0.05, 0.1) is 35.0 Å². The molecule has 22 heavy (non-hydrogen) atoms. The summed E-state index contributed by atoms with van der Waals surface area (Å²) in [6.07, 6.45) is 0. The Balaban J connectivity index is 2.06. The molecule has 1 aromatic carbocycles. The summed E-state index contributed by atoms with van der Waals surface area (Å²) in [6.45, 7) is 3.48. The average Bonchev–Trinajstić information content (AvgIpc) is 2.83. The molecule has 116 valence electrons. The molecule has 1 aromatic heterocycles. The molecule has 8 heteroatoms. The first-order valence-corrected chi connectivity index (χ1v) is 6.62. The molecule has 0 aliphatic carbocycles. The summed E-state index contributed by atoms with van der Waals surface area (Å²) in [6, 6.07) is 7.19. The van der Waals surface area contributed by atoms with Crippen molar-refractivity contribution in [3.8, 4) is 0 Å². The molecule has 0 fully saturated rings. The van der Waals surface area contributed by atoms with E-state index in [9.17, 15) is 19.3 Å².